The van der Waals surface area contributed by atoms with Crippen LogP contribution < -0.4 is 0 Å². The van der Waals surface area contributed by atoms with E-state index in [1.54, 1.807) is 6.20 Å². The molecular weight excluding hydrogens is 214 g/mol. The van der Waals surface area contributed by atoms with Crippen LogP contribution in [0.25, 0.3) is 11.2 Å². The minimum atomic E-state index is 0.392. The van der Waals surface area contributed by atoms with Crippen molar-refractivity contribution in [3.63, 3.8) is 0 Å². The number of fused-ring (bicyclic) bond motifs is 1. The Morgan fingerprint density at radius 1 is 1.29 bits per heavy atom. The third-order valence-corrected chi connectivity index (χ3v) is 3.52. The average molecular weight is 229 g/mol. The van der Waals surface area contributed by atoms with Crippen molar-refractivity contribution in [3.05, 3.63) is 24.2 Å². The molecule has 1 saturated carbocycles. The molecule has 0 radical (unpaired) electrons. The molecular formula is C13H15N3O. The molecule has 0 saturated heterocycles. The fourth-order valence-corrected chi connectivity index (χ4v) is 2.73. The van der Waals surface area contributed by atoms with Crippen molar-refractivity contribution < 1.29 is 4.79 Å². The summed E-state index contributed by atoms with van der Waals surface area (Å²) in [5.74, 6) is 0.519. The lowest BCUT2D eigenvalue weighted by atomic mass is 9.95. The van der Waals surface area contributed by atoms with Gasteiger partial charge in [-0.2, -0.15) is 0 Å². The number of nitrogens with zero attached hydrogens (tertiary/aromatic N) is 3. The van der Waals surface area contributed by atoms with E-state index in [1.807, 2.05) is 16.7 Å². The maximum Gasteiger partial charge on any atom is 0.185 e. The summed E-state index contributed by atoms with van der Waals surface area (Å²) in [7, 11) is 0. The van der Waals surface area contributed by atoms with Gasteiger partial charge in [0.05, 0.1) is 0 Å². The number of rotatable bonds is 2. The fourth-order valence-electron chi connectivity index (χ4n) is 2.73. The molecule has 3 rings (SSSR count). The molecule has 4 nitrogen and oxygen atoms in total. The first kappa shape index (κ1) is 10.4. The van der Waals surface area contributed by atoms with E-state index in [2.05, 4.69) is 9.97 Å². The number of pyridine rings is 1. The van der Waals surface area contributed by atoms with Crippen LogP contribution in [0, 0.1) is 0 Å². The smallest absolute Gasteiger partial charge is 0.185 e. The maximum absolute atomic E-state index is 11.1. The van der Waals surface area contributed by atoms with E-state index in [9.17, 15) is 4.79 Å². The van der Waals surface area contributed by atoms with Gasteiger partial charge in [-0.15, -0.1) is 0 Å². The van der Waals surface area contributed by atoms with E-state index < -0.39 is 0 Å². The summed E-state index contributed by atoms with van der Waals surface area (Å²) in [4.78, 5) is 19.8. The first-order valence-corrected chi connectivity index (χ1v) is 6.18. The molecule has 0 unspecified atom stereocenters. The minimum Gasteiger partial charge on any atom is -0.303 e. The zero-order chi connectivity index (χ0) is 11.7. The second-order valence-electron chi connectivity index (χ2n) is 4.60. The molecule has 1 fully saturated rings. The number of aldehydes is 1. The lowest BCUT2D eigenvalue weighted by Crippen LogP contribution is -2.15. The summed E-state index contributed by atoms with van der Waals surface area (Å²) in [5.41, 5.74) is 1.67. The minimum absolute atomic E-state index is 0.392. The number of imidazole rings is 1. The van der Waals surface area contributed by atoms with Crippen molar-refractivity contribution in [2.24, 2.45) is 0 Å². The molecule has 0 aromatic carbocycles. The summed E-state index contributed by atoms with van der Waals surface area (Å²) in [6.07, 6.45) is 8.62. The van der Waals surface area contributed by atoms with Crippen molar-refractivity contribution >= 4 is 17.5 Å². The van der Waals surface area contributed by atoms with Gasteiger partial charge < -0.3 is 4.57 Å². The highest BCUT2D eigenvalue weighted by Gasteiger charge is 2.21. The Morgan fingerprint density at radius 2 is 2.12 bits per heavy atom. The lowest BCUT2D eigenvalue weighted by molar-refractivity contribution is 0.110. The zero-order valence-electron chi connectivity index (χ0n) is 9.67. The Bertz CT molecular complexity index is 541. The van der Waals surface area contributed by atoms with Gasteiger partial charge in [0.15, 0.2) is 17.8 Å². The molecule has 0 bridgehead atoms. The third-order valence-electron chi connectivity index (χ3n) is 3.52. The number of carbonyl (C=O) groups excluding carboxylic acids is 1. The molecule has 1 aliphatic carbocycles. The maximum atomic E-state index is 11.1. The molecule has 4 heteroatoms. The molecule has 2 aromatic rings. The molecule has 0 spiro atoms. The van der Waals surface area contributed by atoms with Gasteiger partial charge in [-0.25, -0.2) is 9.97 Å². The van der Waals surface area contributed by atoms with Gasteiger partial charge in [-0.3, -0.25) is 4.79 Å². The number of hydrogen-bond acceptors (Lipinski definition) is 3. The monoisotopic (exact) mass is 229 g/mol. The number of carbonyl (C=O) groups is 1. The van der Waals surface area contributed by atoms with Gasteiger partial charge >= 0.3 is 0 Å². The van der Waals surface area contributed by atoms with E-state index >= 15 is 0 Å². The lowest BCUT2D eigenvalue weighted by Gasteiger charge is -2.24. The highest BCUT2D eigenvalue weighted by Crippen LogP contribution is 2.31. The van der Waals surface area contributed by atoms with E-state index in [0.717, 1.165) is 30.3 Å². The van der Waals surface area contributed by atoms with E-state index in [0.29, 0.717) is 11.9 Å². The number of aromatic nitrogens is 3. The SMILES string of the molecule is O=Cc1nc2cccnc2n1C1CCCCC1. The normalized spacial score (nSPS) is 17.4. The molecule has 0 atom stereocenters. The van der Waals surface area contributed by atoms with E-state index in [1.165, 1.54) is 19.3 Å². The van der Waals surface area contributed by atoms with Crippen molar-refractivity contribution in [1.82, 2.24) is 14.5 Å². The summed E-state index contributed by atoms with van der Waals surface area (Å²) >= 11 is 0. The van der Waals surface area contributed by atoms with Crippen LogP contribution in [0.15, 0.2) is 18.3 Å². The summed E-state index contributed by atoms with van der Waals surface area (Å²) in [5, 5.41) is 0. The second-order valence-corrected chi connectivity index (χ2v) is 4.60. The fraction of sp³-hybridized carbons (Fsp3) is 0.462. The molecule has 88 valence electrons. The van der Waals surface area contributed by atoms with Crippen LogP contribution in [0.2, 0.25) is 0 Å². The Kier molecular flexibility index (Phi) is 2.63. The highest BCUT2D eigenvalue weighted by atomic mass is 16.1. The topological polar surface area (TPSA) is 47.8 Å². The Morgan fingerprint density at radius 3 is 2.88 bits per heavy atom. The van der Waals surface area contributed by atoms with E-state index in [4.69, 9.17) is 0 Å². The van der Waals surface area contributed by atoms with Gasteiger partial charge in [0.25, 0.3) is 0 Å². The Balaban J connectivity index is 2.14. The predicted octanol–water partition coefficient (Wildman–Crippen LogP) is 2.75. The Hall–Kier alpha value is -1.71. The summed E-state index contributed by atoms with van der Waals surface area (Å²) in [6.45, 7) is 0. The van der Waals surface area contributed by atoms with Gasteiger partial charge in [-0.1, -0.05) is 19.3 Å². The standard InChI is InChI=1S/C13H15N3O/c17-9-12-15-11-7-4-8-14-13(11)16(12)10-5-2-1-3-6-10/h4,7-10H,1-3,5-6H2. The quantitative estimate of drug-likeness (QED) is 0.744. The van der Waals surface area contributed by atoms with Crippen molar-refractivity contribution in [1.29, 1.82) is 0 Å². The molecule has 2 aromatic heterocycles. The van der Waals surface area contributed by atoms with Gasteiger partial charge in [-0.05, 0) is 25.0 Å². The first-order valence-electron chi connectivity index (χ1n) is 6.18. The van der Waals surface area contributed by atoms with Gasteiger partial charge in [0, 0.05) is 12.2 Å². The predicted molar refractivity (Wildman–Crippen MR) is 65.0 cm³/mol. The van der Waals surface area contributed by atoms with Gasteiger partial charge in [0.1, 0.15) is 5.52 Å². The molecule has 0 N–H and O–H groups in total. The average Bonchev–Trinajstić information content (AvgIpc) is 2.78. The van der Waals surface area contributed by atoms with Crippen molar-refractivity contribution in [2.45, 2.75) is 38.1 Å². The van der Waals surface area contributed by atoms with Crippen LogP contribution in [-0.4, -0.2) is 20.8 Å². The van der Waals surface area contributed by atoms with E-state index in [-0.39, 0.29) is 0 Å². The molecule has 0 aliphatic heterocycles. The van der Waals surface area contributed by atoms with Crippen LogP contribution in [0.5, 0.6) is 0 Å². The van der Waals surface area contributed by atoms with Crippen LogP contribution >= 0.6 is 0 Å². The third kappa shape index (κ3) is 1.73. The summed E-state index contributed by atoms with van der Waals surface area (Å²) in [6, 6.07) is 4.16. The van der Waals surface area contributed by atoms with Gasteiger partial charge in [0.2, 0.25) is 0 Å². The van der Waals surface area contributed by atoms with Crippen LogP contribution in [0.3, 0.4) is 0 Å². The molecule has 2 heterocycles. The Labute approximate surface area is 99.7 Å². The van der Waals surface area contributed by atoms with Crippen LogP contribution in [-0.2, 0) is 0 Å². The summed E-state index contributed by atoms with van der Waals surface area (Å²) < 4.78 is 2.03. The van der Waals surface area contributed by atoms with Crippen LogP contribution in [0.1, 0.15) is 48.8 Å². The zero-order valence-corrected chi connectivity index (χ0v) is 9.67. The highest BCUT2D eigenvalue weighted by molar-refractivity contribution is 5.80. The van der Waals surface area contributed by atoms with Crippen molar-refractivity contribution in [2.75, 3.05) is 0 Å². The molecule has 1 aliphatic rings. The molecule has 17 heavy (non-hydrogen) atoms. The molecule has 0 amide bonds. The largest absolute Gasteiger partial charge is 0.303 e. The van der Waals surface area contributed by atoms with Crippen molar-refractivity contribution in [3.8, 4) is 0 Å². The van der Waals surface area contributed by atoms with Crippen LogP contribution in [0.4, 0.5) is 0 Å². The first-order chi connectivity index (χ1) is 8.40. The second kappa shape index (κ2) is 4.28. The number of hydrogen-bond donors (Lipinski definition) is 0.